The van der Waals surface area contributed by atoms with Crippen LogP contribution in [0.1, 0.15) is 24.2 Å². The minimum absolute atomic E-state index is 0.132. The lowest BCUT2D eigenvalue weighted by atomic mass is 10.1. The van der Waals surface area contributed by atoms with E-state index in [1.54, 1.807) is 17.9 Å². The van der Waals surface area contributed by atoms with Crippen LogP contribution in [0.4, 0.5) is 35.0 Å². The predicted molar refractivity (Wildman–Crippen MR) is 148 cm³/mol. The van der Waals surface area contributed by atoms with Gasteiger partial charge in [0, 0.05) is 45.8 Å². The maximum Gasteiger partial charge on any atom is 0.414 e. The Morgan fingerprint density at radius 3 is 2.36 bits per heavy atom. The minimum atomic E-state index is -1.49. The third-order valence-corrected chi connectivity index (χ3v) is 7.43. The Balaban J connectivity index is 1.34. The van der Waals surface area contributed by atoms with Gasteiger partial charge >= 0.3 is 12.1 Å². The van der Waals surface area contributed by atoms with Crippen LogP contribution in [0.25, 0.3) is 10.9 Å². The molecule has 0 aliphatic carbocycles. The Labute approximate surface area is 237 Å². The number of cyclic esters (lactones) is 1. The van der Waals surface area contributed by atoms with E-state index in [4.69, 9.17) is 4.74 Å². The summed E-state index contributed by atoms with van der Waals surface area (Å²) in [5.74, 6) is -4.32. The van der Waals surface area contributed by atoms with Gasteiger partial charge in [0.25, 0.3) is 0 Å². The normalized spacial score (nSPS) is 17.1. The average molecular weight is 588 g/mol. The number of hydrogen-bond donors (Lipinski definition) is 2. The summed E-state index contributed by atoms with van der Waals surface area (Å²) in [5.41, 5.74) is -1.54. The molecule has 2 amide bonds. The maximum atomic E-state index is 15.8. The molecular weight excluding hydrogens is 559 g/mol. The Hall–Kier alpha value is -4.75. The van der Waals surface area contributed by atoms with Gasteiger partial charge in [0.05, 0.1) is 35.4 Å². The van der Waals surface area contributed by atoms with Gasteiger partial charge in [-0.1, -0.05) is 0 Å². The Morgan fingerprint density at radius 2 is 1.74 bits per heavy atom. The Morgan fingerprint density at radius 1 is 1.05 bits per heavy atom. The number of pyridine rings is 1. The van der Waals surface area contributed by atoms with Gasteiger partial charge in [-0.3, -0.25) is 14.5 Å². The highest BCUT2D eigenvalue weighted by Crippen LogP contribution is 2.33. The number of carboxylic acids is 1. The number of carbonyl (C=O) groups is 3. The summed E-state index contributed by atoms with van der Waals surface area (Å²) in [6.45, 7) is 4.12. The molecule has 3 heterocycles. The van der Waals surface area contributed by atoms with Crippen molar-refractivity contribution >= 4 is 45.9 Å². The van der Waals surface area contributed by atoms with Gasteiger partial charge in [0.1, 0.15) is 29.0 Å². The maximum absolute atomic E-state index is 15.8. The van der Waals surface area contributed by atoms with Crippen molar-refractivity contribution in [2.75, 3.05) is 54.0 Å². The second-order valence-corrected chi connectivity index (χ2v) is 10.0. The fourth-order valence-electron chi connectivity index (χ4n) is 5.36. The zero-order chi connectivity index (χ0) is 30.3. The van der Waals surface area contributed by atoms with Gasteiger partial charge in [0.2, 0.25) is 11.3 Å². The monoisotopic (exact) mass is 587 g/mol. The molecule has 0 bridgehead atoms. The van der Waals surface area contributed by atoms with Gasteiger partial charge in [-0.15, -0.1) is 0 Å². The van der Waals surface area contributed by atoms with Crippen molar-refractivity contribution in [3.63, 3.8) is 0 Å². The molecular formula is C28H28F3N5O6. The van der Waals surface area contributed by atoms with Crippen LogP contribution in [0.2, 0.25) is 0 Å². The molecule has 5 rings (SSSR count). The molecule has 2 saturated heterocycles. The number of carbonyl (C=O) groups excluding carboxylic acids is 2. The molecule has 0 spiro atoms. The van der Waals surface area contributed by atoms with E-state index in [2.05, 4.69) is 5.32 Å². The first-order valence-corrected chi connectivity index (χ1v) is 13.3. The zero-order valence-electron chi connectivity index (χ0n) is 22.8. The van der Waals surface area contributed by atoms with Gasteiger partial charge < -0.3 is 29.5 Å². The molecule has 42 heavy (non-hydrogen) atoms. The summed E-state index contributed by atoms with van der Waals surface area (Å²) in [6, 6.07) is 5.17. The number of halogens is 3. The van der Waals surface area contributed by atoms with Crippen molar-refractivity contribution in [1.29, 1.82) is 0 Å². The van der Waals surface area contributed by atoms with Crippen molar-refractivity contribution in [1.82, 2.24) is 9.88 Å². The lowest BCUT2D eigenvalue weighted by Gasteiger charge is -2.38. The van der Waals surface area contributed by atoms with Crippen molar-refractivity contribution in [2.24, 2.45) is 0 Å². The molecule has 0 unspecified atom stereocenters. The van der Waals surface area contributed by atoms with Crippen LogP contribution in [0.15, 0.2) is 35.3 Å². The molecule has 0 radical (unpaired) electrons. The van der Waals surface area contributed by atoms with E-state index in [1.165, 1.54) is 33.4 Å². The van der Waals surface area contributed by atoms with Crippen LogP contribution < -0.4 is 25.4 Å². The zero-order valence-corrected chi connectivity index (χ0v) is 22.8. The van der Waals surface area contributed by atoms with Crippen molar-refractivity contribution < 1.29 is 37.4 Å². The number of amides is 2. The van der Waals surface area contributed by atoms with E-state index in [1.807, 2.05) is 0 Å². The fraction of sp³-hybridized carbons (Fsp3) is 0.357. The first-order valence-electron chi connectivity index (χ1n) is 13.3. The van der Waals surface area contributed by atoms with Crippen LogP contribution in [0, 0.1) is 17.5 Å². The predicted octanol–water partition coefficient (Wildman–Crippen LogP) is 2.92. The molecule has 222 valence electrons. The fourth-order valence-corrected chi connectivity index (χ4v) is 5.36. The molecule has 0 saturated carbocycles. The first-order chi connectivity index (χ1) is 20.0. The molecule has 2 aliphatic heterocycles. The van der Waals surface area contributed by atoms with E-state index in [0.29, 0.717) is 5.69 Å². The number of hydrogen-bond acceptors (Lipinski definition) is 7. The van der Waals surface area contributed by atoms with E-state index >= 15 is 13.2 Å². The third kappa shape index (κ3) is 5.19. The van der Waals surface area contributed by atoms with Crippen molar-refractivity contribution in [3.05, 3.63) is 63.7 Å². The summed E-state index contributed by atoms with van der Waals surface area (Å²) in [6.07, 6.45) is -0.176. The topological polar surface area (TPSA) is 124 Å². The molecule has 14 heteroatoms. The molecule has 2 fully saturated rings. The number of aromatic nitrogens is 1. The summed E-state index contributed by atoms with van der Waals surface area (Å²) < 4.78 is 52.7. The molecule has 2 aromatic carbocycles. The standard InChI is InChI=1S/C28H28F3N5O6/c1-3-33-14-19(27(39)40)26(38)18-11-21(30)25(23(31)24(18)33)35-8-6-34(7-9-35)22-5-4-16(10-20(22)29)36-13-17(42-28(36)41)12-32-15(2)37/h4-5,10-11,14,17H,3,6-9,12-13H2,1-2H3,(H,32,37)(H,39,40)/t17-/m0/s1. The SMILES string of the molecule is CCn1cc(C(=O)O)c(=O)c2cc(F)c(N3CCN(c4ccc(N5C[C@H](CNC(C)=O)OC5=O)cc4F)CC3)c(F)c21. The van der Waals surface area contributed by atoms with Gasteiger partial charge in [-0.05, 0) is 31.2 Å². The quantitative estimate of drug-likeness (QED) is 0.433. The lowest BCUT2D eigenvalue weighted by molar-refractivity contribution is -0.119. The molecule has 2 N–H and O–H groups in total. The average Bonchev–Trinajstić information content (AvgIpc) is 3.33. The largest absolute Gasteiger partial charge is 0.477 e. The number of ether oxygens (including phenoxy) is 1. The van der Waals surface area contributed by atoms with Crippen LogP contribution >= 0.6 is 0 Å². The molecule has 1 aromatic heterocycles. The summed E-state index contributed by atoms with van der Waals surface area (Å²) >= 11 is 0. The number of nitrogens with one attached hydrogen (secondary N) is 1. The van der Waals surface area contributed by atoms with Crippen LogP contribution in [-0.4, -0.2) is 73.0 Å². The Bertz CT molecular complexity index is 1650. The molecule has 11 nitrogen and oxygen atoms in total. The molecule has 3 aromatic rings. The Kier molecular flexibility index (Phi) is 7.71. The number of fused-ring (bicyclic) bond motifs is 1. The summed E-state index contributed by atoms with van der Waals surface area (Å²) in [5, 5.41) is 11.5. The van der Waals surface area contributed by atoms with Crippen LogP contribution in [-0.2, 0) is 16.1 Å². The second-order valence-electron chi connectivity index (χ2n) is 10.0. The van der Waals surface area contributed by atoms with E-state index in [-0.39, 0.29) is 74.0 Å². The van der Waals surface area contributed by atoms with Crippen molar-refractivity contribution in [3.8, 4) is 0 Å². The summed E-state index contributed by atoms with van der Waals surface area (Å²) in [7, 11) is 0. The highest BCUT2D eigenvalue weighted by atomic mass is 19.1. The lowest BCUT2D eigenvalue weighted by Crippen LogP contribution is -2.47. The van der Waals surface area contributed by atoms with E-state index < -0.39 is 46.6 Å². The number of aromatic carboxylic acids is 1. The first kappa shape index (κ1) is 28.8. The number of piperazine rings is 1. The summed E-state index contributed by atoms with van der Waals surface area (Å²) in [4.78, 5) is 52.0. The van der Waals surface area contributed by atoms with Gasteiger partial charge in [0.15, 0.2) is 5.82 Å². The number of nitrogens with zero attached hydrogens (tertiary/aromatic N) is 4. The minimum Gasteiger partial charge on any atom is -0.477 e. The van der Waals surface area contributed by atoms with E-state index in [9.17, 15) is 24.3 Å². The molecule has 2 aliphatic rings. The van der Waals surface area contributed by atoms with Crippen molar-refractivity contribution in [2.45, 2.75) is 26.5 Å². The second kappa shape index (κ2) is 11.3. The number of rotatable bonds is 7. The highest BCUT2D eigenvalue weighted by molar-refractivity contribution is 5.94. The van der Waals surface area contributed by atoms with E-state index in [0.717, 1.165) is 12.3 Å². The van der Waals surface area contributed by atoms with Gasteiger partial charge in [-0.2, -0.15) is 0 Å². The van der Waals surface area contributed by atoms with Crippen LogP contribution in [0.5, 0.6) is 0 Å². The number of aryl methyl sites for hydroxylation is 1. The highest BCUT2D eigenvalue weighted by Gasteiger charge is 2.33. The third-order valence-electron chi connectivity index (χ3n) is 7.43. The smallest absolute Gasteiger partial charge is 0.414 e. The number of anilines is 3. The molecule has 1 atom stereocenters. The number of carboxylic acid groups (broad SMARTS) is 1. The van der Waals surface area contributed by atoms with Gasteiger partial charge in [-0.25, -0.2) is 22.8 Å². The van der Waals surface area contributed by atoms with Crippen LogP contribution in [0.3, 0.4) is 0 Å². The number of benzene rings is 2.